The minimum absolute atomic E-state index is 0.434. The van der Waals surface area contributed by atoms with Crippen LogP contribution in [0.3, 0.4) is 0 Å². The summed E-state index contributed by atoms with van der Waals surface area (Å²) in [4.78, 5) is 11.9. The first-order valence-corrected chi connectivity index (χ1v) is 5.25. The highest BCUT2D eigenvalue weighted by atomic mass is 35.5. The van der Waals surface area contributed by atoms with Gasteiger partial charge in [0.15, 0.2) is 0 Å². The predicted octanol–water partition coefficient (Wildman–Crippen LogP) is 2.23. The normalized spacial score (nSPS) is 12.4. The number of halogens is 2. The number of nitrogens with two attached hydrogens (primary N) is 1. The van der Waals surface area contributed by atoms with Crippen LogP contribution < -0.4 is 5.73 Å². The molecule has 0 aromatic carbocycles. The van der Waals surface area contributed by atoms with Gasteiger partial charge in [-0.05, 0) is 6.07 Å². The average molecular weight is 255 g/mol. The molecule has 0 fully saturated rings. The van der Waals surface area contributed by atoms with E-state index < -0.39 is 6.04 Å². The molecule has 4 nitrogen and oxygen atoms in total. The van der Waals surface area contributed by atoms with Gasteiger partial charge in [-0.3, -0.25) is 4.98 Å². The first-order valence-electron chi connectivity index (χ1n) is 4.50. The van der Waals surface area contributed by atoms with Crippen LogP contribution in [0, 0.1) is 0 Å². The van der Waals surface area contributed by atoms with E-state index in [4.69, 9.17) is 28.9 Å². The second-order valence-electron chi connectivity index (χ2n) is 3.17. The minimum atomic E-state index is -0.453. The largest absolute Gasteiger partial charge is 0.319 e. The summed E-state index contributed by atoms with van der Waals surface area (Å²) in [6.45, 7) is 0. The van der Waals surface area contributed by atoms with E-state index in [2.05, 4.69) is 15.0 Å². The predicted molar refractivity (Wildman–Crippen MR) is 62.3 cm³/mol. The van der Waals surface area contributed by atoms with Gasteiger partial charge in [0.25, 0.3) is 0 Å². The summed E-state index contributed by atoms with van der Waals surface area (Å²) >= 11 is 11.8. The molecule has 0 amide bonds. The highest BCUT2D eigenvalue weighted by molar-refractivity contribution is 6.34. The van der Waals surface area contributed by atoms with Gasteiger partial charge in [0.2, 0.25) is 0 Å². The zero-order chi connectivity index (χ0) is 11.5. The Balaban J connectivity index is 2.38. The molecule has 0 aliphatic rings. The van der Waals surface area contributed by atoms with Crippen molar-refractivity contribution in [2.24, 2.45) is 5.73 Å². The first-order chi connectivity index (χ1) is 7.68. The first kappa shape index (κ1) is 11.3. The lowest BCUT2D eigenvalue weighted by Crippen LogP contribution is -2.14. The van der Waals surface area contributed by atoms with E-state index in [-0.39, 0.29) is 0 Å². The van der Waals surface area contributed by atoms with Gasteiger partial charge in [0.1, 0.15) is 6.33 Å². The summed E-state index contributed by atoms with van der Waals surface area (Å²) in [5.74, 6) is 0. The molecule has 0 radical (unpaired) electrons. The molecule has 1 atom stereocenters. The van der Waals surface area contributed by atoms with Crippen LogP contribution in [-0.2, 0) is 0 Å². The summed E-state index contributed by atoms with van der Waals surface area (Å²) in [6, 6.07) is 1.15. The SMILES string of the molecule is NC(c1cncnc1)c1ncc(Cl)cc1Cl. The Bertz CT molecular complexity index is 489. The van der Waals surface area contributed by atoms with Crippen LogP contribution in [0.15, 0.2) is 31.0 Å². The maximum absolute atomic E-state index is 6.01. The average Bonchev–Trinajstić information content (AvgIpc) is 2.29. The highest BCUT2D eigenvalue weighted by Crippen LogP contribution is 2.25. The number of nitrogens with zero attached hydrogens (tertiary/aromatic N) is 3. The standard InChI is InChI=1S/C10H8Cl2N4/c11-7-1-8(12)10(16-4-7)9(13)6-2-14-5-15-3-6/h1-5,9H,13H2. The van der Waals surface area contributed by atoms with Crippen molar-refractivity contribution in [3.63, 3.8) is 0 Å². The van der Waals surface area contributed by atoms with Crippen molar-refractivity contribution in [3.05, 3.63) is 52.3 Å². The van der Waals surface area contributed by atoms with Gasteiger partial charge in [0, 0.05) is 24.2 Å². The van der Waals surface area contributed by atoms with Crippen LogP contribution in [0.2, 0.25) is 10.0 Å². The Hall–Kier alpha value is -1.23. The van der Waals surface area contributed by atoms with Crippen molar-refractivity contribution in [2.45, 2.75) is 6.04 Å². The zero-order valence-electron chi connectivity index (χ0n) is 8.14. The molecule has 2 rings (SSSR count). The van der Waals surface area contributed by atoms with Gasteiger partial charge >= 0.3 is 0 Å². The molecular weight excluding hydrogens is 247 g/mol. The van der Waals surface area contributed by atoms with Crippen LogP contribution in [-0.4, -0.2) is 15.0 Å². The fourth-order valence-electron chi connectivity index (χ4n) is 1.28. The summed E-state index contributed by atoms with van der Waals surface area (Å²) in [5, 5.41) is 0.911. The van der Waals surface area contributed by atoms with Crippen LogP contribution in [0.1, 0.15) is 17.3 Å². The third-order valence-corrected chi connectivity index (χ3v) is 2.58. The highest BCUT2D eigenvalue weighted by Gasteiger charge is 2.14. The van der Waals surface area contributed by atoms with Crippen LogP contribution in [0.25, 0.3) is 0 Å². The Morgan fingerprint density at radius 2 is 1.81 bits per heavy atom. The molecule has 0 spiro atoms. The van der Waals surface area contributed by atoms with Crippen molar-refractivity contribution < 1.29 is 0 Å². The van der Waals surface area contributed by atoms with Gasteiger partial charge in [-0.15, -0.1) is 0 Å². The molecule has 1 unspecified atom stereocenters. The fraction of sp³-hybridized carbons (Fsp3) is 0.100. The third kappa shape index (κ3) is 2.29. The van der Waals surface area contributed by atoms with Crippen molar-refractivity contribution in [2.75, 3.05) is 0 Å². The van der Waals surface area contributed by atoms with Crippen molar-refractivity contribution in [3.8, 4) is 0 Å². The van der Waals surface area contributed by atoms with E-state index in [0.29, 0.717) is 15.7 Å². The summed E-state index contributed by atoms with van der Waals surface area (Å²) in [6.07, 6.45) is 6.20. The van der Waals surface area contributed by atoms with Crippen LogP contribution in [0.4, 0.5) is 0 Å². The number of rotatable bonds is 2. The Kier molecular flexibility index (Phi) is 3.33. The van der Waals surface area contributed by atoms with Crippen LogP contribution in [0.5, 0.6) is 0 Å². The molecule has 0 bridgehead atoms. The lowest BCUT2D eigenvalue weighted by atomic mass is 10.1. The maximum atomic E-state index is 6.01. The second kappa shape index (κ2) is 4.74. The molecule has 2 N–H and O–H groups in total. The summed E-state index contributed by atoms with van der Waals surface area (Å²) in [7, 11) is 0. The molecular formula is C10H8Cl2N4. The molecule has 6 heteroatoms. The van der Waals surface area contributed by atoms with E-state index in [1.54, 1.807) is 18.5 Å². The minimum Gasteiger partial charge on any atom is -0.319 e. The molecule has 0 saturated heterocycles. The Morgan fingerprint density at radius 3 is 2.44 bits per heavy atom. The molecule has 0 saturated carbocycles. The van der Waals surface area contributed by atoms with Gasteiger partial charge in [-0.1, -0.05) is 23.2 Å². The van der Waals surface area contributed by atoms with Gasteiger partial charge in [0.05, 0.1) is 21.8 Å². The third-order valence-electron chi connectivity index (χ3n) is 2.07. The van der Waals surface area contributed by atoms with Crippen LogP contribution >= 0.6 is 23.2 Å². The van der Waals surface area contributed by atoms with Gasteiger partial charge < -0.3 is 5.73 Å². The lowest BCUT2D eigenvalue weighted by molar-refractivity contribution is 0.814. The monoisotopic (exact) mass is 254 g/mol. The van der Waals surface area contributed by atoms with E-state index in [1.165, 1.54) is 12.5 Å². The fourth-order valence-corrected chi connectivity index (χ4v) is 1.78. The van der Waals surface area contributed by atoms with Gasteiger partial charge in [-0.25, -0.2) is 9.97 Å². The smallest absolute Gasteiger partial charge is 0.115 e. The van der Waals surface area contributed by atoms with E-state index in [1.807, 2.05) is 0 Å². The molecule has 16 heavy (non-hydrogen) atoms. The Labute approximate surface area is 102 Å². The van der Waals surface area contributed by atoms with Crippen molar-refractivity contribution in [1.29, 1.82) is 0 Å². The number of hydrogen-bond acceptors (Lipinski definition) is 4. The van der Waals surface area contributed by atoms with Crippen molar-refractivity contribution in [1.82, 2.24) is 15.0 Å². The zero-order valence-corrected chi connectivity index (χ0v) is 9.65. The molecule has 2 heterocycles. The molecule has 2 aromatic heterocycles. The Morgan fingerprint density at radius 1 is 1.12 bits per heavy atom. The number of hydrogen-bond donors (Lipinski definition) is 1. The lowest BCUT2D eigenvalue weighted by Gasteiger charge is -2.11. The molecule has 0 aliphatic heterocycles. The van der Waals surface area contributed by atoms with Crippen molar-refractivity contribution >= 4 is 23.2 Å². The van der Waals surface area contributed by atoms with Gasteiger partial charge in [-0.2, -0.15) is 0 Å². The quantitative estimate of drug-likeness (QED) is 0.893. The second-order valence-corrected chi connectivity index (χ2v) is 4.01. The molecule has 82 valence electrons. The van der Waals surface area contributed by atoms with E-state index in [9.17, 15) is 0 Å². The summed E-state index contributed by atoms with van der Waals surface area (Å²) in [5.41, 5.74) is 7.30. The van der Waals surface area contributed by atoms with E-state index >= 15 is 0 Å². The van der Waals surface area contributed by atoms with E-state index in [0.717, 1.165) is 5.56 Å². The molecule has 2 aromatic rings. The maximum Gasteiger partial charge on any atom is 0.115 e. The topological polar surface area (TPSA) is 64.7 Å². The summed E-state index contributed by atoms with van der Waals surface area (Å²) < 4.78 is 0. The molecule has 0 aliphatic carbocycles. The number of pyridine rings is 1. The number of aromatic nitrogens is 3.